The van der Waals surface area contributed by atoms with Gasteiger partial charge in [0.05, 0.1) is 0 Å². The third-order valence-electron chi connectivity index (χ3n) is 2.10. The van der Waals surface area contributed by atoms with Gasteiger partial charge in [0, 0.05) is 4.92 Å². The number of aliphatic hydroxyl groups is 1. The molecule has 0 amide bonds. The third kappa shape index (κ3) is 3.95. The van der Waals surface area contributed by atoms with Crippen molar-refractivity contribution in [2.24, 2.45) is 0 Å². The minimum absolute atomic E-state index is 0.158. The molecule has 1 atom stereocenters. The molecule has 0 spiro atoms. The van der Waals surface area contributed by atoms with Crippen molar-refractivity contribution in [2.75, 3.05) is 6.54 Å². The van der Waals surface area contributed by atoms with Gasteiger partial charge in [-0.2, -0.15) is 0 Å². The van der Waals surface area contributed by atoms with Gasteiger partial charge in [0.2, 0.25) is 6.54 Å². The quantitative estimate of drug-likeness (QED) is 0.561. The first kappa shape index (κ1) is 11.5. The third-order valence-corrected chi connectivity index (χ3v) is 2.10. The molecular weight excluding hydrogens is 198 g/mol. The number of hydrogen-bond donors (Lipinski definition) is 2. The molecule has 2 N–H and O–H groups in total. The fourth-order valence-corrected chi connectivity index (χ4v) is 1.31. The van der Waals surface area contributed by atoms with E-state index >= 15 is 0 Å². The highest BCUT2D eigenvalue weighted by Gasteiger charge is 2.12. The summed E-state index contributed by atoms with van der Waals surface area (Å²) in [6.45, 7) is -0.451. The Kier molecular flexibility index (Phi) is 4.05. The molecule has 1 unspecified atom stereocenters. The predicted molar refractivity (Wildman–Crippen MR) is 54.3 cm³/mol. The van der Waals surface area contributed by atoms with Crippen molar-refractivity contribution in [3.8, 4) is 5.75 Å². The van der Waals surface area contributed by atoms with Crippen molar-refractivity contribution in [3.05, 3.63) is 39.9 Å². The molecule has 0 bridgehead atoms. The van der Waals surface area contributed by atoms with Crippen LogP contribution in [0.15, 0.2) is 24.3 Å². The molecule has 0 aromatic heterocycles. The summed E-state index contributed by atoms with van der Waals surface area (Å²) in [5, 5.41) is 28.7. The average Bonchev–Trinajstić information content (AvgIpc) is 2.15. The molecule has 1 rings (SSSR count). The first-order valence-corrected chi connectivity index (χ1v) is 4.66. The first-order chi connectivity index (χ1) is 7.09. The van der Waals surface area contributed by atoms with E-state index < -0.39 is 17.6 Å². The number of para-hydroxylation sites is 1. The summed E-state index contributed by atoms with van der Waals surface area (Å²) in [5.41, 5.74) is 0.694. The summed E-state index contributed by atoms with van der Waals surface area (Å²) >= 11 is 0. The zero-order valence-corrected chi connectivity index (χ0v) is 8.17. The Morgan fingerprint density at radius 2 is 2.07 bits per heavy atom. The van der Waals surface area contributed by atoms with E-state index in [9.17, 15) is 20.3 Å². The summed E-state index contributed by atoms with van der Waals surface area (Å²) in [5.74, 6) is 0.158. The van der Waals surface area contributed by atoms with Gasteiger partial charge in [0.15, 0.2) is 0 Å². The van der Waals surface area contributed by atoms with E-state index in [2.05, 4.69) is 0 Å². The van der Waals surface area contributed by atoms with E-state index in [0.717, 1.165) is 0 Å². The van der Waals surface area contributed by atoms with Gasteiger partial charge in [-0.3, -0.25) is 10.1 Å². The van der Waals surface area contributed by atoms with Crippen LogP contribution in [0.4, 0.5) is 0 Å². The molecule has 1 aromatic rings. The number of rotatable bonds is 5. The Balaban J connectivity index is 2.43. The summed E-state index contributed by atoms with van der Waals surface area (Å²) in [7, 11) is 0. The number of aromatic hydroxyl groups is 1. The van der Waals surface area contributed by atoms with Crippen LogP contribution in [-0.2, 0) is 6.42 Å². The molecular formula is C10H13NO4. The van der Waals surface area contributed by atoms with E-state index in [1.54, 1.807) is 24.3 Å². The van der Waals surface area contributed by atoms with Crippen LogP contribution in [0.25, 0.3) is 0 Å². The molecule has 15 heavy (non-hydrogen) atoms. The lowest BCUT2D eigenvalue weighted by Crippen LogP contribution is -2.19. The second-order valence-electron chi connectivity index (χ2n) is 3.34. The topological polar surface area (TPSA) is 83.6 Å². The number of phenols is 1. The van der Waals surface area contributed by atoms with E-state index in [0.29, 0.717) is 12.0 Å². The maximum atomic E-state index is 10.1. The van der Waals surface area contributed by atoms with E-state index in [1.165, 1.54) is 0 Å². The smallest absolute Gasteiger partial charge is 0.229 e. The monoisotopic (exact) mass is 211 g/mol. The SMILES string of the molecule is O=[N+]([O-])CC(O)CCc1ccccc1O. The highest BCUT2D eigenvalue weighted by molar-refractivity contribution is 5.31. The van der Waals surface area contributed by atoms with Gasteiger partial charge in [0.25, 0.3) is 0 Å². The van der Waals surface area contributed by atoms with E-state index in [4.69, 9.17) is 0 Å². The molecule has 1 aromatic carbocycles. The minimum Gasteiger partial charge on any atom is -0.508 e. The van der Waals surface area contributed by atoms with Gasteiger partial charge in [-0.25, -0.2) is 0 Å². The maximum Gasteiger partial charge on any atom is 0.229 e. The van der Waals surface area contributed by atoms with E-state index in [1.807, 2.05) is 0 Å². The standard InChI is InChI=1S/C10H13NO4/c12-9(7-11(14)15)6-5-8-3-1-2-4-10(8)13/h1-4,9,12-13H,5-7H2. The summed E-state index contributed by atoms with van der Waals surface area (Å²) < 4.78 is 0. The van der Waals surface area contributed by atoms with E-state index in [-0.39, 0.29) is 12.2 Å². The number of phenolic OH excluding ortho intramolecular Hbond substituents is 1. The molecule has 0 saturated carbocycles. The van der Waals surface area contributed by atoms with Crippen molar-refractivity contribution in [1.29, 1.82) is 0 Å². The molecule has 0 saturated heterocycles. The summed E-state index contributed by atoms with van der Waals surface area (Å²) in [4.78, 5) is 9.54. The summed E-state index contributed by atoms with van der Waals surface area (Å²) in [6.07, 6.45) is -0.250. The number of benzene rings is 1. The van der Waals surface area contributed by atoms with Crippen LogP contribution in [0, 0.1) is 10.1 Å². The lowest BCUT2D eigenvalue weighted by molar-refractivity contribution is -0.490. The Labute approximate surface area is 87.1 Å². The first-order valence-electron chi connectivity index (χ1n) is 4.66. The van der Waals surface area contributed by atoms with Crippen molar-refractivity contribution in [2.45, 2.75) is 18.9 Å². The average molecular weight is 211 g/mol. The van der Waals surface area contributed by atoms with Crippen LogP contribution < -0.4 is 0 Å². The molecule has 0 aliphatic heterocycles. The van der Waals surface area contributed by atoms with Gasteiger partial charge >= 0.3 is 0 Å². The predicted octanol–water partition coefficient (Wildman–Crippen LogP) is 0.962. The molecule has 0 fully saturated rings. The fraction of sp³-hybridized carbons (Fsp3) is 0.400. The Morgan fingerprint density at radius 3 is 2.67 bits per heavy atom. The summed E-state index contributed by atoms with van der Waals surface area (Å²) in [6, 6.07) is 6.75. The van der Waals surface area contributed by atoms with Crippen LogP contribution in [0.1, 0.15) is 12.0 Å². The van der Waals surface area contributed by atoms with Gasteiger partial charge in [-0.05, 0) is 24.5 Å². The molecule has 0 radical (unpaired) electrons. The van der Waals surface area contributed by atoms with Crippen molar-refractivity contribution >= 4 is 0 Å². The number of nitrogens with zero attached hydrogens (tertiary/aromatic N) is 1. The van der Waals surface area contributed by atoms with Crippen molar-refractivity contribution < 1.29 is 15.1 Å². The molecule has 0 heterocycles. The Hall–Kier alpha value is -1.62. The van der Waals surface area contributed by atoms with Crippen LogP contribution in [0.3, 0.4) is 0 Å². The normalized spacial score (nSPS) is 12.3. The highest BCUT2D eigenvalue weighted by atomic mass is 16.6. The van der Waals surface area contributed by atoms with Crippen LogP contribution in [0.2, 0.25) is 0 Å². The largest absolute Gasteiger partial charge is 0.508 e. The zero-order chi connectivity index (χ0) is 11.3. The maximum absolute atomic E-state index is 10.1. The molecule has 5 heteroatoms. The highest BCUT2D eigenvalue weighted by Crippen LogP contribution is 2.17. The Bertz CT molecular complexity index is 340. The molecule has 0 aliphatic carbocycles. The van der Waals surface area contributed by atoms with Gasteiger partial charge in [-0.15, -0.1) is 0 Å². The minimum atomic E-state index is -0.959. The number of nitro groups is 1. The van der Waals surface area contributed by atoms with Crippen LogP contribution >= 0.6 is 0 Å². The van der Waals surface area contributed by atoms with Crippen molar-refractivity contribution in [1.82, 2.24) is 0 Å². The van der Waals surface area contributed by atoms with Crippen LogP contribution in [0.5, 0.6) is 5.75 Å². The number of aliphatic hydroxyl groups excluding tert-OH is 1. The van der Waals surface area contributed by atoms with Crippen molar-refractivity contribution in [3.63, 3.8) is 0 Å². The van der Waals surface area contributed by atoms with Crippen LogP contribution in [-0.4, -0.2) is 27.8 Å². The zero-order valence-electron chi connectivity index (χ0n) is 8.17. The Morgan fingerprint density at radius 1 is 1.40 bits per heavy atom. The number of hydrogen-bond acceptors (Lipinski definition) is 4. The lowest BCUT2D eigenvalue weighted by atomic mass is 10.1. The lowest BCUT2D eigenvalue weighted by Gasteiger charge is -2.06. The van der Waals surface area contributed by atoms with Gasteiger partial charge in [0.1, 0.15) is 11.9 Å². The molecule has 82 valence electrons. The number of aryl methyl sites for hydroxylation is 1. The van der Waals surface area contributed by atoms with Gasteiger partial charge < -0.3 is 10.2 Å². The van der Waals surface area contributed by atoms with Gasteiger partial charge in [-0.1, -0.05) is 18.2 Å². The molecule has 0 aliphatic rings. The second kappa shape index (κ2) is 5.31. The molecule has 5 nitrogen and oxygen atoms in total. The second-order valence-corrected chi connectivity index (χ2v) is 3.34. The fourth-order valence-electron chi connectivity index (χ4n) is 1.31.